The molecule has 1 N–H and O–H groups in total. The first-order valence-electron chi connectivity index (χ1n) is 8.69. The molecule has 0 aromatic carbocycles. The van der Waals surface area contributed by atoms with Crippen LogP contribution in [-0.2, 0) is 14.4 Å². The average Bonchev–Trinajstić information content (AvgIpc) is 3.34. The summed E-state index contributed by atoms with van der Waals surface area (Å²) in [6.07, 6.45) is 4.69. The first kappa shape index (κ1) is 16.2. The molecule has 128 valence electrons. The molecule has 2 heterocycles. The number of carbonyl (C=O) groups excluding carboxylic acids is 3. The molecule has 3 fully saturated rings. The highest BCUT2D eigenvalue weighted by Gasteiger charge is 2.28. The van der Waals surface area contributed by atoms with Crippen LogP contribution in [0.5, 0.6) is 0 Å². The Labute approximate surface area is 137 Å². The van der Waals surface area contributed by atoms with E-state index in [4.69, 9.17) is 0 Å². The number of likely N-dealkylation sites (tertiary alicyclic amines) is 1. The van der Waals surface area contributed by atoms with Gasteiger partial charge in [-0.05, 0) is 25.7 Å². The van der Waals surface area contributed by atoms with Gasteiger partial charge >= 0.3 is 0 Å². The Kier molecular flexibility index (Phi) is 5.15. The molecule has 2 saturated heterocycles. The molecule has 0 unspecified atom stereocenters. The lowest BCUT2D eigenvalue weighted by Gasteiger charge is -2.36. The van der Waals surface area contributed by atoms with E-state index in [9.17, 15) is 14.4 Å². The summed E-state index contributed by atoms with van der Waals surface area (Å²) in [5.41, 5.74) is 0. The van der Waals surface area contributed by atoms with Crippen molar-refractivity contribution in [2.24, 2.45) is 0 Å². The summed E-state index contributed by atoms with van der Waals surface area (Å²) in [5.74, 6) is 0.216. The third kappa shape index (κ3) is 4.67. The van der Waals surface area contributed by atoms with Gasteiger partial charge in [-0.2, -0.15) is 0 Å². The van der Waals surface area contributed by atoms with Gasteiger partial charge in [0.05, 0.1) is 13.1 Å². The first-order valence-corrected chi connectivity index (χ1v) is 8.69. The molecule has 0 spiro atoms. The van der Waals surface area contributed by atoms with Gasteiger partial charge in [0.15, 0.2) is 0 Å². The van der Waals surface area contributed by atoms with Crippen molar-refractivity contribution < 1.29 is 14.4 Å². The standard InChI is InChI=1S/C16H26N4O3/c21-14(17-13-4-5-13)11-18-7-9-19(10-8-18)16(23)12-20-6-2-1-3-15(20)22/h13H,1-12H2,(H,17,21). The maximum atomic E-state index is 12.3. The van der Waals surface area contributed by atoms with Crippen LogP contribution in [0.25, 0.3) is 0 Å². The summed E-state index contributed by atoms with van der Waals surface area (Å²) in [6.45, 7) is 4.04. The summed E-state index contributed by atoms with van der Waals surface area (Å²) in [6, 6.07) is 0.396. The van der Waals surface area contributed by atoms with Crippen LogP contribution >= 0.6 is 0 Å². The molecule has 3 amide bonds. The fraction of sp³-hybridized carbons (Fsp3) is 0.812. The molecule has 7 heteroatoms. The van der Waals surface area contributed by atoms with Crippen LogP contribution < -0.4 is 5.32 Å². The van der Waals surface area contributed by atoms with Gasteiger partial charge in [0.2, 0.25) is 17.7 Å². The topological polar surface area (TPSA) is 73.0 Å². The van der Waals surface area contributed by atoms with Gasteiger partial charge in [0.25, 0.3) is 0 Å². The highest BCUT2D eigenvalue weighted by atomic mass is 16.2. The summed E-state index contributed by atoms with van der Waals surface area (Å²) in [4.78, 5) is 41.5. The summed E-state index contributed by atoms with van der Waals surface area (Å²) in [5, 5.41) is 2.99. The van der Waals surface area contributed by atoms with Gasteiger partial charge in [0.1, 0.15) is 0 Å². The van der Waals surface area contributed by atoms with Gasteiger partial charge in [-0.25, -0.2) is 0 Å². The molecule has 0 aromatic heterocycles. The van der Waals surface area contributed by atoms with Crippen molar-refractivity contribution in [3.63, 3.8) is 0 Å². The normalized spacial score (nSPS) is 23.0. The maximum Gasteiger partial charge on any atom is 0.242 e. The van der Waals surface area contributed by atoms with Gasteiger partial charge < -0.3 is 15.1 Å². The van der Waals surface area contributed by atoms with E-state index in [1.165, 1.54) is 0 Å². The monoisotopic (exact) mass is 322 g/mol. The summed E-state index contributed by atoms with van der Waals surface area (Å²) >= 11 is 0. The van der Waals surface area contributed by atoms with Gasteiger partial charge in [-0.3, -0.25) is 19.3 Å². The third-order valence-corrected chi connectivity index (χ3v) is 4.78. The Balaban J connectivity index is 1.38. The lowest BCUT2D eigenvalue weighted by atomic mass is 10.1. The molecule has 0 bridgehead atoms. The van der Waals surface area contributed by atoms with Crippen molar-refractivity contribution in [2.45, 2.75) is 38.1 Å². The number of amides is 3. The van der Waals surface area contributed by atoms with Gasteiger partial charge in [-0.1, -0.05) is 0 Å². The van der Waals surface area contributed by atoms with E-state index in [2.05, 4.69) is 10.2 Å². The van der Waals surface area contributed by atoms with E-state index in [1.807, 2.05) is 4.90 Å². The highest BCUT2D eigenvalue weighted by Crippen LogP contribution is 2.18. The number of hydrogen-bond donors (Lipinski definition) is 1. The molecule has 3 aliphatic rings. The van der Waals surface area contributed by atoms with Crippen LogP contribution in [-0.4, -0.2) is 84.3 Å². The van der Waals surface area contributed by atoms with Crippen LogP contribution in [0.2, 0.25) is 0 Å². The molecule has 0 atom stereocenters. The number of hydrogen-bond acceptors (Lipinski definition) is 4. The Morgan fingerprint density at radius 3 is 2.39 bits per heavy atom. The number of rotatable bonds is 5. The van der Waals surface area contributed by atoms with E-state index in [-0.39, 0.29) is 24.3 Å². The zero-order valence-corrected chi connectivity index (χ0v) is 13.6. The minimum absolute atomic E-state index is 0.0299. The largest absolute Gasteiger partial charge is 0.352 e. The van der Waals surface area contributed by atoms with Crippen LogP contribution in [0.1, 0.15) is 32.1 Å². The van der Waals surface area contributed by atoms with Crippen molar-refractivity contribution in [1.82, 2.24) is 20.0 Å². The van der Waals surface area contributed by atoms with Gasteiger partial charge in [-0.15, -0.1) is 0 Å². The molecule has 1 aliphatic carbocycles. The Hall–Kier alpha value is -1.63. The number of piperidine rings is 1. The Morgan fingerprint density at radius 1 is 1.00 bits per heavy atom. The number of carbonyl (C=O) groups is 3. The van der Waals surface area contributed by atoms with Crippen LogP contribution in [0.3, 0.4) is 0 Å². The minimum Gasteiger partial charge on any atom is -0.352 e. The number of piperazine rings is 1. The number of nitrogens with one attached hydrogen (secondary N) is 1. The molecule has 0 aromatic rings. The van der Waals surface area contributed by atoms with E-state index < -0.39 is 0 Å². The molecular weight excluding hydrogens is 296 g/mol. The molecule has 0 radical (unpaired) electrons. The second-order valence-corrected chi connectivity index (χ2v) is 6.77. The van der Waals surface area contributed by atoms with E-state index >= 15 is 0 Å². The van der Waals surface area contributed by atoms with E-state index in [0.29, 0.717) is 38.6 Å². The van der Waals surface area contributed by atoms with Crippen LogP contribution in [0.4, 0.5) is 0 Å². The van der Waals surface area contributed by atoms with Crippen molar-refractivity contribution in [2.75, 3.05) is 45.8 Å². The fourth-order valence-corrected chi connectivity index (χ4v) is 3.15. The zero-order valence-electron chi connectivity index (χ0n) is 13.6. The molecule has 23 heavy (non-hydrogen) atoms. The zero-order chi connectivity index (χ0) is 16.2. The van der Waals surface area contributed by atoms with E-state index in [1.54, 1.807) is 4.90 Å². The van der Waals surface area contributed by atoms with Crippen LogP contribution in [0, 0.1) is 0 Å². The van der Waals surface area contributed by atoms with Crippen molar-refractivity contribution in [3.8, 4) is 0 Å². The number of nitrogens with zero attached hydrogens (tertiary/aromatic N) is 3. The molecule has 3 rings (SSSR count). The summed E-state index contributed by atoms with van der Waals surface area (Å²) < 4.78 is 0. The minimum atomic E-state index is 0.0299. The maximum absolute atomic E-state index is 12.3. The summed E-state index contributed by atoms with van der Waals surface area (Å²) in [7, 11) is 0. The Bertz CT molecular complexity index is 470. The predicted molar refractivity (Wildman–Crippen MR) is 84.6 cm³/mol. The molecule has 2 aliphatic heterocycles. The molecule has 1 saturated carbocycles. The van der Waals surface area contributed by atoms with Crippen molar-refractivity contribution in [1.29, 1.82) is 0 Å². The third-order valence-electron chi connectivity index (χ3n) is 4.78. The van der Waals surface area contributed by atoms with Crippen molar-refractivity contribution in [3.05, 3.63) is 0 Å². The predicted octanol–water partition coefficient (Wildman–Crippen LogP) is -0.578. The average molecular weight is 322 g/mol. The SMILES string of the molecule is O=C(CN1CCN(C(=O)CN2CCCCC2=O)CC1)NC1CC1. The second kappa shape index (κ2) is 7.29. The molecule has 7 nitrogen and oxygen atoms in total. The van der Waals surface area contributed by atoms with Gasteiger partial charge in [0, 0.05) is 45.2 Å². The first-order chi connectivity index (χ1) is 11.1. The quantitative estimate of drug-likeness (QED) is 0.735. The smallest absolute Gasteiger partial charge is 0.242 e. The highest BCUT2D eigenvalue weighted by molar-refractivity contribution is 5.85. The lowest BCUT2D eigenvalue weighted by Crippen LogP contribution is -2.53. The fourth-order valence-electron chi connectivity index (χ4n) is 3.15. The van der Waals surface area contributed by atoms with Crippen LogP contribution in [0.15, 0.2) is 0 Å². The second-order valence-electron chi connectivity index (χ2n) is 6.77. The molecular formula is C16H26N4O3. The lowest BCUT2D eigenvalue weighted by molar-refractivity contribution is -0.143. The van der Waals surface area contributed by atoms with Crippen molar-refractivity contribution >= 4 is 17.7 Å². The Morgan fingerprint density at radius 2 is 1.74 bits per heavy atom. The van der Waals surface area contributed by atoms with E-state index in [0.717, 1.165) is 38.8 Å².